The van der Waals surface area contributed by atoms with Crippen molar-refractivity contribution in [3.05, 3.63) is 29.8 Å². The first-order chi connectivity index (χ1) is 10.3. The minimum absolute atomic E-state index is 0.0322. The third-order valence-corrected chi connectivity index (χ3v) is 3.73. The molecule has 2 atom stereocenters. The Morgan fingerprint density at radius 3 is 2.73 bits per heavy atom. The van der Waals surface area contributed by atoms with Gasteiger partial charge in [0.15, 0.2) is 0 Å². The average molecular weight is 306 g/mol. The number of carbonyl (C=O) groups is 1. The molecule has 1 aromatic rings. The van der Waals surface area contributed by atoms with Gasteiger partial charge >= 0.3 is 6.09 Å². The van der Waals surface area contributed by atoms with E-state index in [2.05, 4.69) is 5.32 Å². The Bertz CT molecular complexity index is 525. The highest BCUT2D eigenvalue weighted by atomic mass is 16.6. The second-order valence-electron chi connectivity index (χ2n) is 6.86. The van der Waals surface area contributed by atoms with Crippen LogP contribution >= 0.6 is 0 Å². The number of benzene rings is 1. The van der Waals surface area contributed by atoms with Crippen LogP contribution in [0.4, 0.5) is 4.79 Å². The second kappa shape index (κ2) is 6.57. The molecule has 0 spiro atoms. The summed E-state index contributed by atoms with van der Waals surface area (Å²) in [6.45, 7) is 8.96. The number of carbonyl (C=O) groups excluding carboxylic acids is 1. The van der Waals surface area contributed by atoms with Gasteiger partial charge in [-0.2, -0.15) is 0 Å². The van der Waals surface area contributed by atoms with Gasteiger partial charge < -0.3 is 20.1 Å². The smallest absolute Gasteiger partial charge is 0.410 e. The Morgan fingerprint density at radius 2 is 2.09 bits per heavy atom. The number of ether oxygens (including phenoxy) is 1. The Kier molecular flexibility index (Phi) is 4.96. The van der Waals surface area contributed by atoms with E-state index in [0.29, 0.717) is 18.8 Å². The van der Waals surface area contributed by atoms with E-state index in [4.69, 9.17) is 4.74 Å². The van der Waals surface area contributed by atoms with E-state index in [1.807, 2.05) is 45.9 Å². The van der Waals surface area contributed by atoms with E-state index in [9.17, 15) is 9.90 Å². The number of phenols is 1. The zero-order chi connectivity index (χ0) is 16.3. The predicted molar refractivity (Wildman–Crippen MR) is 85.9 cm³/mol. The Morgan fingerprint density at radius 1 is 1.41 bits per heavy atom. The fourth-order valence-corrected chi connectivity index (χ4v) is 2.69. The van der Waals surface area contributed by atoms with E-state index in [1.54, 1.807) is 11.0 Å². The summed E-state index contributed by atoms with van der Waals surface area (Å²) >= 11 is 0. The molecule has 2 unspecified atom stereocenters. The molecule has 1 heterocycles. The maximum absolute atomic E-state index is 12.1. The second-order valence-corrected chi connectivity index (χ2v) is 6.86. The molecule has 0 aliphatic carbocycles. The number of likely N-dealkylation sites (tertiary alicyclic amines) is 1. The van der Waals surface area contributed by atoms with Crippen molar-refractivity contribution in [2.75, 3.05) is 13.1 Å². The normalized spacial score (nSPS) is 20.0. The molecule has 1 aromatic carbocycles. The topological polar surface area (TPSA) is 61.8 Å². The van der Waals surface area contributed by atoms with Crippen molar-refractivity contribution in [3.63, 3.8) is 0 Å². The molecule has 0 saturated carbocycles. The molecular weight excluding hydrogens is 280 g/mol. The number of phenolic OH excluding ortho intramolecular Hbond substituents is 1. The minimum atomic E-state index is -0.467. The molecule has 0 bridgehead atoms. The fraction of sp³-hybridized carbons (Fsp3) is 0.588. The monoisotopic (exact) mass is 306 g/mol. The van der Waals surface area contributed by atoms with Crippen LogP contribution in [-0.2, 0) is 4.74 Å². The highest BCUT2D eigenvalue weighted by Gasteiger charge is 2.30. The third-order valence-electron chi connectivity index (χ3n) is 3.73. The summed E-state index contributed by atoms with van der Waals surface area (Å²) in [7, 11) is 0. The maximum Gasteiger partial charge on any atom is 0.410 e. The summed E-state index contributed by atoms with van der Waals surface area (Å²) in [5, 5.41) is 13.4. The number of hydrogen-bond acceptors (Lipinski definition) is 4. The molecule has 0 radical (unpaired) electrons. The number of nitrogens with zero attached hydrogens (tertiary/aromatic N) is 1. The molecule has 5 heteroatoms. The molecular formula is C17H26N2O3. The van der Waals surface area contributed by atoms with Crippen LogP contribution in [0, 0.1) is 0 Å². The number of hydrogen-bond donors (Lipinski definition) is 2. The van der Waals surface area contributed by atoms with Crippen molar-refractivity contribution in [1.82, 2.24) is 10.2 Å². The summed E-state index contributed by atoms with van der Waals surface area (Å²) in [6.07, 6.45) is 0.629. The van der Waals surface area contributed by atoms with Crippen LogP contribution < -0.4 is 5.32 Å². The van der Waals surface area contributed by atoms with Gasteiger partial charge in [-0.3, -0.25) is 0 Å². The number of rotatable bonds is 3. The summed E-state index contributed by atoms with van der Waals surface area (Å²) in [4.78, 5) is 13.8. The molecule has 122 valence electrons. The highest BCUT2D eigenvalue weighted by molar-refractivity contribution is 5.68. The standard InChI is InChI=1S/C17H26N2O3/c1-12(14-7-5-6-8-15(14)20)18-13-9-10-19(11-13)16(21)22-17(2,3)4/h5-8,12-13,18,20H,9-11H2,1-4H3. The Balaban J connectivity index is 1.89. The molecule has 2 rings (SSSR count). The van der Waals surface area contributed by atoms with Crippen LogP contribution in [0.15, 0.2) is 24.3 Å². The first-order valence-corrected chi connectivity index (χ1v) is 7.78. The molecule has 1 aliphatic heterocycles. The molecule has 1 aliphatic rings. The van der Waals surface area contributed by atoms with E-state index in [1.165, 1.54) is 0 Å². The summed E-state index contributed by atoms with van der Waals surface area (Å²) in [6, 6.07) is 7.56. The molecule has 22 heavy (non-hydrogen) atoms. The molecule has 1 saturated heterocycles. The van der Waals surface area contributed by atoms with E-state index >= 15 is 0 Å². The summed E-state index contributed by atoms with van der Waals surface area (Å²) in [5.41, 5.74) is 0.407. The molecule has 0 aromatic heterocycles. The van der Waals surface area contributed by atoms with Crippen LogP contribution in [0.1, 0.15) is 45.7 Å². The lowest BCUT2D eigenvalue weighted by Gasteiger charge is -2.25. The van der Waals surface area contributed by atoms with Crippen LogP contribution in [0.25, 0.3) is 0 Å². The van der Waals surface area contributed by atoms with Crippen LogP contribution in [0.5, 0.6) is 5.75 Å². The van der Waals surface area contributed by atoms with Gasteiger partial charge in [0.2, 0.25) is 0 Å². The van der Waals surface area contributed by atoms with Gasteiger partial charge in [0.1, 0.15) is 11.4 Å². The zero-order valence-electron chi connectivity index (χ0n) is 13.8. The van der Waals surface area contributed by atoms with Gasteiger partial charge in [0, 0.05) is 30.7 Å². The number of aromatic hydroxyl groups is 1. The molecule has 5 nitrogen and oxygen atoms in total. The van der Waals surface area contributed by atoms with Crippen LogP contribution in [0.2, 0.25) is 0 Å². The predicted octanol–water partition coefficient (Wildman–Crippen LogP) is 3.05. The van der Waals surface area contributed by atoms with Gasteiger partial charge in [-0.25, -0.2) is 4.79 Å². The van der Waals surface area contributed by atoms with E-state index in [0.717, 1.165) is 12.0 Å². The van der Waals surface area contributed by atoms with E-state index < -0.39 is 5.60 Å². The van der Waals surface area contributed by atoms with Gasteiger partial charge in [-0.15, -0.1) is 0 Å². The van der Waals surface area contributed by atoms with Crippen molar-refractivity contribution in [3.8, 4) is 5.75 Å². The largest absolute Gasteiger partial charge is 0.508 e. The SMILES string of the molecule is CC(NC1CCN(C(=O)OC(C)(C)C)C1)c1ccccc1O. The third kappa shape index (κ3) is 4.37. The summed E-state index contributed by atoms with van der Waals surface area (Å²) in [5.74, 6) is 0.296. The van der Waals surface area contributed by atoms with Crippen LogP contribution in [0.3, 0.4) is 0 Å². The van der Waals surface area contributed by atoms with Gasteiger partial charge in [0.05, 0.1) is 0 Å². The summed E-state index contributed by atoms with van der Waals surface area (Å²) < 4.78 is 5.40. The lowest BCUT2D eigenvalue weighted by molar-refractivity contribution is 0.0290. The number of nitrogens with one attached hydrogen (secondary N) is 1. The Hall–Kier alpha value is -1.75. The van der Waals surface area contributed by atoms with Crippen LogP contribution in [-0.4, -0.2) is 40.8 Å². The van der Waals surface area contributed by atoms with Crippen molar-refractivity contribution in [2.45, 2.75) is 51.8 Å². The first-order valence-electron chi connectivity index (χ1n) is 7.78. The van der Waals surface area contributed by atoms with Gasteiger partial charge in [0.25, 0.3) is 0 Å². The maximum atomic E-state index is 12.1. The lowest BCUT2D eigenvalue weighted by Crippen LogP contribution is -2.39. The quantitative estimate of drug-likeness (QED) is 0.901. The molecule has 1 amide bonds. The first kappa shape index (κ1) is 16.6. The average Bonchev–Trinajstić information content (AvgIpc) is 2.85. The number of amides is 1. The van der Waals surface area contributed by atoms with Gasteiger partial charge in [-0.05, 0) is 40.2 Å². The van der Waals surface area contributed by atoms with Gasteiger partial charge in [-0.1, -0.05) is 18.2 Å². The fourth-order valence-electron chi connectivity index (χ4n) is 2.69. The molecule has 2 N–H and O–H groups in total. The van der Waals surface area contributed by atoms with E-state index in [-0.39, 0.29) is 18.2 Å². The highest BCUT2D eigenvalue weighted by Crippen LogP contribution is 2.25. The lowest BCUT2D eigenvalue weighted by atomic mass is 10.1. The van der Waals surface area contributed by atoms with Crippen molar-refractivity contribution < 1.29 is 14.6 Å². The minimum Gasteiger partial charge on any atom is -0.508 e. The Labute approximate surface area is 132 Å². The molecule has 1 fully saturated rings. The number of para-hydroxylation sites is 1. The van der Waals surface area contributed by atoms with Crippen molar-refractivity contribution in [2.24, 2.45) is 0 Å². The van der Waals surface area contributed by atoms with Crippen molar-refractivity contribution in [1.29, 1.82) is 0 Å². The zero-order valence-corrected chi connectivity index (χ0v) is 13.8. The van der Waals surface area contributed by atoms with Crippen molar-refractivity contribution >= 4 is 6.09 Å².